The predicted octanol–water partition coefficient (Wildman–Crippen LogP) is 4.07. The van der Waals surface area contributed by atoms with Gasteiger partial charge in [0.25, 0.3) is 0 Å². The van der Waals surface area contributed by atoms with Gasteiger partial charge >= 0.3 is 0 Å². The van der Waals surface area contributed by atoms with Crippen LogP contribution in [0.5, 0.6) is 0 Å². The number of nitrogens with zero attached hydrogens (tertiary/aromatic N) is 2. The third kappa shape index (κ3) is 5.00. The van der Waals surface area contributed by atoms with Gasteiger partial charge in [0.1, 0.15) is 11.2 Å². The minimum absolute atomic E-state index is 0.0456. The molecule has 1 aliphatic heterocycles. The molecule has 1 aromatic carbocycles. The Kier molecular flexibility index (Phi) is 7.09. The number of hydrogen-bond donors (Lipinski definition) is 0. The smallest absolute Gasteiger partial charge is 0.236 e. The molecule has 2 atom stereocenters. The summed E-state index contributed by atoms with van der Waals surface area (Å²) >= 11 is 1.53. The highest BCUT2D eigenvalue weighted by Crippen LogP contribution is 2.42. The van der Waals surface area contributed by atoms with E-state index in [-0.39, 0.29) is 34.3 Å². The second-order valence-electron chi connectivity index (χ2n) is 7.50. The second kappa shape index (κ2) is 8.89. The lowest BCUT2D eigenvalue weighted by Crippen LogP contribution is -2.44. The molecule has 1 heterocycles. The van der Waals surface area contributed by atoms with Crippen LogP contribution >= 0.6 is 11.8 Å². The molecule has 1 fully saturated rings. The third-order valence-electron chi connectivity index (χ3n) is 4.49. The van der Waals surface area contributed by atoms with Crippen LogP contribution in [-0.4, -0.2) is 46.0 Å². The second-order valence-corrected chi connectivity index (χ2v) is 8.92. The van der Waals surface area contributed by atoms with Crippen LogP contribution in [-0.2, 0) is 9.59 Å². The van der Waals surface area contributed by atoms with Gasteiger partial charge in [-0.25, -0.2) is 4.39 Å². The van der Waals surface area contributed by atoms with Crippen LogP contribution in [0, 0.1) is 11.7 Å². The van der Waals surface area contributed by atoms with Crippen molar-refractivity contribution in [3.8, 4) is 0 Å². The van der Waals surface area contributed by atoms with Gasteiger partial charge in [-0.2, -0.15) is 0 Å². The van der Waals surface area contributed by atoms with Crippen LogP contribution in [0.25, 0.3) is 0 Å². The van der Waals surface area contributed by atoms with Crippen LogP contribution in [0.2, 0.25) is 0 Å². The number of hydrogen-bond acceptors (Lipinski definition) is 3. The number of halogens is 1. The zero-order chi connectivity index (χ0) is 19.4. The zero-order valence-electron chi connectivity index (χ0n) is 16.2. The summed E-state index contributed by atoms with van der Waals surface area (Å²) in [4.78, 5) is 28.7. The maximum atomic E-state index is 13.6. The molecule has 1 aromatic rings. The fourth-order valence-electron chi connectivity index (χ4n) is 3.17. The van der Waals surface area contributed by atoms with Crippen molar-refractivity contribution in [3.05, 3.63) is 35.6 Å². The van der Waals surface area contributed by atoms with Crippen LogP contribution in [0.1, 0.15) is 52.0 Å². The number of carbonyl (C=O) groups is 2. The van der Waals surface area contributed by atoms with E-state index < -0.39 is 0 Å². The average molecular weight is 381 g/mol. The molecule has 4 nitrogen and oxygen atoms in total. The van der Waals surface area contributed by atoms with Crippen molar-refractivity contribution >= 4 is 23.6 Å². The molecule has 2 unspecified atom stereocenters. The van der Waals surface area contributed by atoms with Gasteiger partial charge in [0, 0.05) is 25.6 Å². The van der Waals surface area contributed by atoms with Gasteiger partial charge in [0.05, 0.1) is 5.25 Å². The van der Waals surface area contributed by atoms with Gasteiger partial charge in [-0.15, -0.1) is 11.8 Å². The zero-order valence-corrected chi connectivity index (χ0v) is 17.1. The van der Waals surface area contributed by atoms with Gasteiger partial charge in [0.2, 0.25) is 11.8 Å². The largest absolute Gasteiger partial charge is 0.338 e. The normalized spacial score (nSPS) is 20.3. The van der Waals surface area contributed by atoms with E-state index in [2.05, 4.69) is 0 Å². The summed E-state index contributed by atoms with van der Waals surface area (Å²) in [7, 11) is 0. The molecule has 0 aromatic heterocycles. The van der Waals surface area contributed by atoms with E-state index in [4.69, 9.17) is 0 Å². The lowest BCUT2D eigenvalue weighted by Gasteiger charge is -2.31. The maximum absolute atomic E-state index is 13.6. The van der Waals surface area contributed by atoms with Crippen molar-refractivity contribution in [1.29, 1.82) is 0 Å². The Labute approximate surface area is 160 Å². The first-order valence-electron chi connectivity index (χ1n) is 9.21. The molecule has 2 rings (SSSR count). The molecule has 26 heavy (non-hydrogen) atoms. The van der Waals surface area contributed by atoms with E-state index in [1.165, 1.54) is 23.9 Å². The average Bonchev–Trinajstić information content (AvgIpc) is 2.82. The molecule has 1 saturated heterocycles. The summed E-state index contributed by atoms with van der Waals surface area (Å²) in [6.45, 7) is 10.9. The van der Waals surface area contributed by atoms with Gasteiger partial charge in [-0.3, -0.25) is 9.59 Å². The summed E-state index contributed by atoms with van der Waals surface area (Å²) in [5, 5.41) is -0.371. The van der Waals surface area contributed by atoms with E-state index in [0.717, 1.165) is 5.56 Å². The minimum Gasteiger partial charge on any atom is -0.338 e. The highest BCUT2D eigenvalue weighted by molar-refractivity contribution is 8.01. The van der Waals surface area contributed by atoms with Crippen molar-refractivity contribution in [2.24, 2.45) is 5.92 Å². The van der Waals surface area contributed by atoms with Crippen molar-refractivity contribution in [3.63, 3.8) is 0 Å². The van der Waals surface area contributed by atoms with E-state index in [9.17, 15) is 14.0 Å². The number of amides is 2. The summed E-state index contributed by atoms with van der Waals surface area (Å²) in [5.41, 5.74) is 0.789. The lowest BCUT2D eigenvalue weighted by molar-refractivity contribution is -0.136. The number of rotatable bonds is 7. The van der Waals surface area contributed by atoms with Gasteiger partial charge in [0.15, 0.2) is 0 Å². The highest BCUT2D eigenvalue weighted by Gasteiger charge is 2.38. The monoisotopic (exact) mass is 380 g/mol. The Morgan fingerprint density at radius 1 is 1.31 bits per heavy atom. The quantitative estimate of drug-likeness (QED) is 0.716. The van der Waals surface area contributed by atoms with Crippen molar-refractivity contribution in [2.45, 2.75) is 57.7 Å². The van der Waals surface area contributed by atoms with E-state index in [0.29, 0.717) is 25.4 Å². The molecule has 0 saturated carbocycles. The standard InChI is InChI=1S/C20H29FN2O2S/c1-13(2)11-18(24)22(14(3)4)9-10-23-19(25)15(5)26-20(23)16-7-6-8-17(21)12-16/h6-8,12-15,20H,9-11H2,1-5H3. The highest BCUT2D eigenvalue weighted by atomic mass is 32.2. The lowest BCUT2D eigenvalue weighted by atomic mass is 10.1. The molecule has 6 heteroatoms. The van der Waals surface area contributed by atoms with Crippen LogP contribution in [0.3, 0.4) is 0 Å². The fourth-order valence-corrected chi connectivity index (χ4v) is 4.47. The Bertz CT molecular complexity index is 650. The Hall–Kier alpha value is -1.56. The van der Waals surface area contributed by atoms with E-state index in [1.807, 2.05) is 45.6 Å². The number of thioether (sulfide) groups is 1. The summed E-state index contributed by atoms with van der Waals surface area (Å²) in [5.74, 6) is 0.160. The van der Waals surface area contributed by atoms with Crippen LogP contribution in [0.4, 0.5) is 4.39 Å². The molecular formula is C20H29FN2O2S. The number of carbonyl (C=O) groups excluding carboxylic acids is 2. The molecule has 1 aliphatic rings. The fraction of sp³-hybridized carbons (Fsp3) is 0.600. The first-order valence-corrected chi connectivity index (χ1v) is 10.2. The van der Waals surface area contributed by atoms with E-state index >= 15 is 0 Å². The SMILES string of the molecule is CC(C)CC(=O)N(CCN1C(=O)C(C)SC1c1cccc(F)c1)C(C)C. The molecule has 0 spiro atoms. The van der Waals surface area contributed by atoms with Crippen LogP contribution in [0.15, 0.2) is 24.3 Å². The van der Waals surface area contributed by atoms with Crippen molar-refractivity contribution in [1.82, 2.24) is 9.80 Å². The van der Waals surface area contributed by atoms with Crippen LogP contribution < -0.4 is 0 Å². The Morgan fingerprint density at radius 2 is 2.00 bits per heavy atom. The molecule has 0 N–H and O–H groups in total. The predicted molar refractivity (Wildman–Crippen MR) is 104 cm³/mol. The summed E-state index contributed by atoms with van der Waals surface area (Å²) < 4.78 is 13.6. The molecule has 0 aliphatic carbocycles. The first kappa shape index (κ1) is 20.7. The van der Waals surface area contributed by atoms with Crippen molar-refractivity contribution in [2.75, 3.05) is 13.1 Å². The molecular weight excluding hydrogens is 351 g/mol. The van der Waals surface area contributed by atoms with Gasteiger partial charge in [-0.1, -0.05) is 26.0 Å². The Balaban J connectivity index is 2.13. The van der Waals surface area contributed by atoms with Gasteiger partial charge < -0.3 is 9.80 Å². The van der Waals surface area contributed by atoms with E-state index in [1.54, 1.807) is 11.0 Å². The number of benzene rings is 1. The topological polar surface area (TPSA) is 40.6 Å². The van der Waals surface area contributed by atoms with Crippen molar-refractivity contribution < 1.29 is 14.0 Å². The minimum atomic E-state index is -0.300. The first-order chi connectivity index (χ1) is 12.2. The molecule has 144 valence electrons. The summed E-state index contributed by atoms with van der Waals surface area (Å²) in [6, 6.07) is 6.49. The molecule has 2 amide bonds. The summed E-state index contributed by atoms with van der Waals surface area (Å²) in [6.07, 6.45) is 0.505. The third-order valence-corrected chi connectivity index (χ3v) is 5.88. The Morgan fingerprint density at radius 3 is 2.58 bits per heavy atom. The molecule has 0 radical (unpaired) electrons. The maximum Gasteiger partial charge on any atom is 0.236 e. The molecule has 0 bridgehead atoms. The van der Waals surface area contributed by atoms with Gasteiger partial charge in [-0.05, 0) is 44.4 Å².